The Balaban J connectivity index is 1.52. The van der Waals surface area contributed by atoms with Crippen LogP contribution in [0.15, 0.2) is 61.3 Å². The van der Waals surface area contributed by atoms with Crippen molar-refractivity contribution in [2.45, 2.75) is 26.4 Å². The van der Waals surface area contributed by atoms with Crippen LogP contribution in [0.1, 0.15) is 34.0 Å². The van der Waals surface area contributed by atoms with Crippen molar-refractivity contribution in [2.24, 2.45) is 0 Å². The van der Waals surface area contributed by atoms with Crippen molar-refractivity contribution in [2.75, 3.05) is 10.6 Å². The lowest BCUT2D eigenvalue weighted by molar-refractivity contribution is 0.0825. The zero-order valence-electron chi connectivity index (χ0n) is 17.8. The molecule has 1 amide bonds. The molecule has 9 heteroatoms. The molecule has 0 spiro atoms. The molecule has 8 nitrogen and oxygen atoms in total. The lowest BCUT2D eigenvalue weighted by Gasteiger charge is -2.14. The van der Waals surface area contributed by atoms with Gasteiger partial charge in [0.2, 0.25) is 5.95 Å². The Labute approximate surface area is 189 Å². The predicted molar refractivity (Wildman–Crippen MR) is 125 cm³/mol. The molecule has 0 atom stereocenters. The second-order valence-corrected chi connectivity index (χ2v) is 8.81. The first-order chi connectivity index (χ1) is 15.3. The van der Waals surface area contributed by atoms with Gasteiger partial charge in [-0.1, -0.05) is 6.07 Å². The second kappa shape index (κ2) is 8.81. The monoisotopic (exact) mass is 446 g/mol. The topological polar surface area (TPSA) is 113 Å². The van der Waals surface area contributed by atoms with Crippen LogP contribution in [0, 0.1) is 6.92 Å². The van der Waals surface area contributed by atoms with Crippen molar-refractivity contribution in [3.63, 3.8) is 0 Å². The zero-order valence-corrected chi connectivity index (χ0v) is 18.6. The van der Waals surface area contributed by atoms with E-state index in [1.165, 1.54) is 17.7 Å². The summed E-state index contributed by atoms with van der Waals surface area (Å²) in [4.78, 5) is 30.8. The van der Waals surface area contributed by atoms with Gasteiger partial charge < -0.3 is 15.7 Å². The molecule has 0 unspecified atom stereocenters. The standard InChI is InChI=1S/C23H22N6O2S/c1-14-4-5-16(27-21(30)19-6-7-20(32-19)23(2,3)31)10-18(14)29-22-26-9-8-17(28-22)15-11-24-13-25-12-15/h4-13,31H,1-3H3,(H,27,30)(H,26,28,29). The molecule has 1 aromatic carbocycles. The third-order valence-electron chi connectivity index (χ3n) is 4.69. The lowest BCUT2D eigenvalue weighted by atomic mass is 10.1. The van der Waals surface area contributed by atoms with E-state index in [-0.39, 0.29) is 5.91 Å². The third-order valence-corrected chi connectivity index (χ3v) is 6.08. The molecule has 0 bridgehead atoms. The van der Waals surface area contributed by atoms with Crippen molar-refractivity contribution in [3.8, 4) is 11.3 Å². The van der Waals surface area contributed by atoms with E-state index in [2.05, 4.69) is 30.6 Å². The van der Waals surface area contributed by atoms with Gasteiger partial charge in [0.05, 0.1) is 16.2 Å². The fourth-order valence-electron chi connectivity index (χ4n) is 2.95. The molecule has 4 rings (SSSR count). The van der Waals surface area contributed by atoms with Crippen LogP contribution in [0.3, 0.4) is 0 Å². The number of carbonyl (C=O) groups excluding carboxylic acids is 1. The molecule has 0 aliphatic carbocycles. The van der Waals surface area contributed by atoms with E-state index in [4.69, 9.17) is 0 Å². The van der Waals surface area contributed by atoms with Gasteiger partial charge in [-0.25, -0.2) is 19.9 Å². The van der Waals surface area contributed by atoms with Crippen molar-refractivity contribution >= 4 is 34.6 Å². The number of nitrogens with one attached hydrogen (secondary N) is 2. The maximum Gasteiger partial charge on any atom is 0.265 e. The summed E-state index contributed by atoms with van der Waals surface area (Å²) in [6, 6.07) is 10.8. The molecule has 4 aromatic rings. The van der Waals surface area contributed by atoms with Crippen molar-refractivity contribution in [3.05, 3.63) is 76.6 Å². The van der Waals surface area contributed by atoms with Crippen LogP contribution in [-0.2, 0) is 5.60 Å². The molecular weight excluding hydrogens is 424 g/mol. The Morgan fingerprint density at radius 2 is 1.88 bits per heavy atom. The highest BCUT2D eigenvalue weighted by molar-refractivity contribution is 7.14. The summed E-state index contributed by atoms with van der Waals surface area (Å²) in [6.07, 6.45) is 6.51. The van der Waals surface area contributed by atoms with Crippen LogP contribution in [-0.4, -0.2) is 30.9 Å². The van der Waals surface area contributed by atoms with Gasteiger partial charge in [-0.3, -0.25) is 4.79 Å². The molecule has 0 fully saturated rings. The molecule has 0 saturated heterocycles. The van der Waals surface area contributed by atoms with E-state index in [1.54, 1.807) is 50.6 Å². The Hall–Kier alpha value is -3.69. The van der Waals surface area contributed by atoms with E-state index < -0.39 is 5.60 Å². The molecule has 0 saturated carbocycles. The first-order valence-corrected chi connectivity index (χ1v) is 10.7. The number of thiophene rings is 1. The van der Waals surface area contributed by atoms with Gasteiger partial charge in [0, 0.05) is 40.4 Å². The summed E-state index contributed by atoms with van der Waals surface area (Å²) in [6.45, 7) is 5.35. The Bertz CT molecular complexity index is 1250. The minimum atomic E-state index is -0.982. The quantitative estimate of drug-likeness (QED) is 0.399. The molecule has 3 heterocycles. The summed E-state index contributed by atoms with van der Waals surface area (Å²) in [5.74, 6) is 0.189. The molecule has 3 aromatic heterocycles. The first-order valence-electron chi connectivity index (χ1n) is 9.90. The summed E-state index contributed by atoms with van der Waals surface area (Å²) in [7, 11) is 0. The zero-order chi connectivity index (χ0) is 22.7. The molecule has 162 valence electrons. The average Bonchev–Trinajstić information content (AvgIpc) is 3.28. The molecule has 0 aliphatic rings. The van der Waals surface area contributed by atoms with Crippen LogP contribution in [0.25, 0.3) is 11.3 Å². The number of aromatic nitrogens is 4. The number of rotatable bonds is 6. The molecule has 0 aliphatic heterocycles. The smallest absolute Gasteiger partial charge is 0.265 e. The predicted octanol–water partition coefficient (Wildman–Crippen LogP) is 4.53. The summed E-state index contributed by atoms with van der Waals surface area (Å²) < 4.78 is 0. The van der Waals surface area contributed by atoms with Gasteiger partial charge in [-0.2, -0.15) is 0 Å². The van der Waals surface area contributed by atoms with Gasteiger partial charge in [0.1, 0.15) is 6.33 Å². The number of hydrogen-bond donors (Lipinski definition) is 3. The number of nitrogens with zero attached hydrogens (tertiary/aromatic N) is 4. The van der Waals surface area contributed by atoms with E-state index >= 15 is 0 Å². The summed E-state index contributed by atoms with van der Waals surface area (Å²) in [5.41, 5.74) is 2.88. The maximum absolute atomic E-state index is 12.7. The number of benzene rings is 1. The molecule has 0 radical (unpaired) electrons. The number of amides is 1. The van der Waals surface area contributed by atoms with E-state index in [0.29, 0.717) is 22.2 Å². The minimum absolute atomic E-state index is 0.234. The first kappa shape index (κ1) is 21.5. The lowest BCUT2D eigenvalue weighted by Crippen LogP contribution is -2.13. The van der Waals surface area contributed by atoms with Crippen LogP contribution < -0.4 is 10.6 Å². The number of hydrogen-bond acceptors (Lipinski definition) is 8. The third kappa shape index (κ3) is 4.96. The minimum Gasteiger partial charge on any atom is -0.385 e. The van der Waals surface area contributed by atoms with Crippen LogP contribution >= 0.6 is 11.3 Å². The van der Waals surface area contributed by atoms with Crippen molar-refractivity contribution in [1.29, 1.82) is 0 Å². The Morgan fingerprint density at radius 1 is 1.09 bits per heavy atom. The summed E-state index contributed by atoms with van der Waals surface area (Å²) >= 11 is 1.27. The Kier molecular flexibility index (Phi) is 5.93. The highest BCUT2D eigenvalue weighted by Gasteiger charge is 2.20. The second-order valence-electron chi connectivity index (χ2n) is 7.72. The maximum atomic E-state index is 12.7. The van der Waals surface area contributed by atoms with E-state index in [1.807, 2.05) is 25.1 Å². The van der Waals surface area contributed by atoms with Crippen molar-refractivity contribution in [1.82, 2.24) is 19.9 Å². The number of carbonyl (C=O) groups is 1. The van der Waals surface area contributed by atoms with E-state index in [9.17, 15) is 9.90 Å². The van der Waals surface area contributed by atoms with Gasteiger partial charge in [0.25, 0.3) is 5.91 Å². The van der Waals surface area contributed by atoms with Gasteiger partial charge in [-0.05, 0) is 56.7 Å². The highest BCUT2D eigenvalue weighted by atomic mass is 32.1. The highest BCUT2D eigenvalue weighted by Crippen LogP contribution is 2.29. The normalized spacial score (nSPS) is 11.2. The number of aliphatic hydroxyl groups is 1. The summed E-state index contributed by atoms with van der Waals surface area (Å²) in [5, 5.41) is 16.2. The van der Waals surface area contributed by atoms with Crippen LogP contribution in [0.4, 0.5) is 17.3 Å². The van der Waals surface area contributed by atoms with Crippen LogP contribution in [0.5, 0.6) is 0 Å². The fraction of sp³-hybridized carbons (Fsp3) is 0.174. The van der Waals surface area contributed by atoms with Crippen molar-refractivity contribution < 1.29 is 9.90 Å². The van der Waals surface area contributed by atoms with Gasteiger partial charge >= 0.3 is 0 Å². The average molecular weight is 447 g/mol. The van der Waals surface area contributed by atoms with Gasteiger partial charge in [0.15, 0.2) is 0 Å². The number of aryl methyl sites for hydroxylation is 1. The molecule has 32 heavy (non-hydrogen) atoms. The SMILES string of the molecule is Cc1ccc(NC(=O)c2ccc(C(C)(C)O)s2)cc1Nc1nccc(-c2cncnc2)n1. The van der Waals surface area contributed by atoms with E-state index in [0.717, 1.165) is 21.7 Å². The number of anilines is 3. The molecule has 3 N–H and O–H groups in total. The van der Waals surface area contributed by atoms with Gasteiger partial charge in [-0.15, -0.1) is 11.3 Å². The Morgan fingerprint density at radius 3 is 2.59 bits per heavy atom. The molecular formula is C23H22N6O2S. The fourth-order valence-corrected chi connectivity index (χ4v) is 3.85. The van der Waals surface area contributed by atoms with Crippen LogP contribution in [0.2, 0.25) is 0 Å². The largest absolute Gasteiger partial charge is 0.385 e.